The summed E-state index contributed by atoms with van der Waals surface area (Å²) < 4.78 is 1.20. The molecule has 4 rings (SSSR count). The third-order valence-corrected chi connectivity index (χ3v) is 5.11. The summed E-state index contributed by atoms with van der Waals surface area (Å²) in [5, 5.41) is 7.64. The molecular weight excluding hydrogens is 434 g/mol. The molecule has 0 spiro atoms. The van der Waals surface area contributed by atoms with Crippen LogP contribution in [0.1, 0.15) is 38.1 Å². The van der Waals surface area contributed by atoms with E-state index in [9.17, 15) is 19.2 Å². The second-order valence-electron chi connectivity index (χ2n) is 7.32. The van der Waals surface area contributed by atoms with E-state index in [0.29, 0.717) is 28.6 Å². The van der Waals surface area contributed by atoms with E-state index in [-0.39, 0.29) is 22.7 Å². The summed E-state index contributed by atoms with van der Waals surface area (Å²) in [5.41, 5.74) is 5.73. The Kier molecular flexibility index (Phi) is 6.45. The minimum absolute atomic E-state index is 0.0244. The van der Waals surface area contributed by atoms with Crippen molar-refractivity contribution in [3.8, 4) is 0 Å². The van der Waals surface area contributed by atoms with Gasteiger partial charge in [-0.05, 0) is 49.4 Å². The van der Waals surface area contributed by atoms with Crippen LogP contribution in [0.4, 0.5) is 5.69 Å². The fraction of sp³-hybridized carbons (Fsp3) is 0.0800. The number of benzene rings is 3. The van der Waals surface area contributed by atoms with E-state index in [4.69, 9.17) is 0 Å². The van der Waals surface area contributed by atoms with Gasteiger partial charge in [-0.1, -0.05) is 36.4 Å². The molecule has 0 radical (unpaired) electrons. The first-order chi connectivity index (χ1) is 16.5. The molecule has 3 N–H and O–H groups in total. The maximum atomic E-state index is 12.7. The molecule has 0 aliphatic rings. The zero-order valence-corrected chi connectivity index (χ0v) is 18.2. The van der Waals surface area contributed by atoms with Gasteiger partial charge in [0.25, 0.3) is 23.3 Å². The Labute approximate surface area is 194 Å². The highest BCUT2D eigenvalue weighted by Gasteiger charge is 2.17. The van der Waals surface area contributed by atoms with Crippen molar-refractivity contribution in [1.82, 2.24) is 20.6 Å². The smallest absolute Gasteiger partial charge is 0.290 e. The first kappa shape index (κ1) is 22.4. The van der Waals surface area contributed by atoms with Crippen LogP contribution >= 0.6 is 0 Å². The van der Waals surface area contributed by atoms with Gasteiger partial charge in [0, 0.05) is 28.7 Å². The number of aromatic nitrogens is 2. The predicted molar refractivity (Wildman–Crippen MR) is 127 cm³/mol. The number of aryl methyl sites for hydroxylation is 1. The van der Waals surface area contributed by atoms with E-state index in [1.54, 1.807) is 67.6 Å². The highest BCUT2D eigenvalue weighted by Crippen LogP contribution is 2.14. The van der Waals surface area contributed by atoms with E-state index in [0.717, 1.165) is 0 Å². The van der Waals surface area contributed by atoms with Gasteiger partial charge in [-0.25, -0.2) is 4.68 Å². The molecule has 9 heteroatoms. The molecule has 4 aromatic rings. The lowest BCUT2D eigenvalue weighted by atomic mass is 10.1. The number of hydrazine groups is 1. The van der Waals surface area contributed by atoms with Crippen LogP contribution in [-0.2, 0) is 6.54 Å². The lowest BCUT2D eigenvalue weighted by Crippen LogP contribution is -2.42. The van der Waals surface area contributed by atoms with Gasteiger partial charge in [0.15, 0.2) is 5.69 Å². The number of nitrogens with one attached hydrogen (secondary N) is 3. The lowest BCUT2D eigenvalue weighted by molar-refractivity contribution is 0.0843. The molecular formula is C25H21N5O4. The molecule has 0 atom stereocenters. The SMILES string of the molecule is CCn1nc(C(=O)NNC(=O)c2ccc(NC(=O)c3ccccc3)cc2)c2ccccc2c1=O. The molecule has 0 aliphatic carbocycles. The first-order valence-electron chi connectivity index (χ1n) is 10.5. The van der Waals surface area contributed by atoms with Crippen LogP contribution in [0.3, 0.4) is 0 Å². The second kappa shape index (κ2) is 9.78. The van der Waals surface area contributed by atoms with Crippen LogP contribution in [0.15, 0.2) is 83.7 Å². The summed E-state index contributed by atoms with van der Waals surface area (Å²) in [5.74, 6) is -1.47. The van der Waals surface area contributed by atoms with Crippen molar-refractivity contribution in [2.75, 3.05) is 5.32 Å². The monoisotopic (exact) mass is 455 g/mol. The molecule has 0 aliphatic heterocycles. The van der Waals surface area contributed by atoms with Crippen molar-refractivity contribution in [2.45, 2.75) is 13.5 Å². The van der Waals surface area contributed by atoms with E-state index in [2.05, 4.69) is 21.3 Å². The molecule has 1 aromatic heterocycles. The van der Waals surface area contributed by atoms with E-state index in [1.807, 2.05) is 6.07 Å². The Morgan fingerprint density at radius 1 is 0.735 bits per heavy atom. The number of rotatable bonds is 5. The highest BCUT2D eigenvalue weighted by molar-refractivity contribution is 6.06. The maximum absolute atomic E-state index is 12.7. The first-order valence-corrected chi connectivity index (χ1v) is 10.5. The number of amides is 3. The normalized spacial score (nSPS) is 10.5. The Morgan fingerprint density at radius 3 is 2.00 bits per heavy atom. The zero-order valence-electron chi connectivity index (χ0n) is 18.2. The molecule has 0 bridgehead atoms. The fourth-order valence-corrected chi connectivity index (χ4v) is 3.36. The minimum Gasteiger partial charge on any atom is -0.322 e. The topological polar surface area (TPSA) is 122 Å². The summed E-state index contributed by atoms with van der Waals surface area (Å²) in [6, 6.07) is 21.6. The summed E-state index contributed by atoms with van der Waals surface area (Å²) in [7, 11) is 0. The summed E-state index contributed by atoms with van der Waals surface area (Å²) >= 11 is 0. The second-order valence-corrected chi connectivity index (χ2v) is 7.32. The molecule has 0 saturated heterocycles. The third kappa shape index (κ3) is 4.68. The van der Waals surface area contributed by atoms with E-state index >= 15 is 0 Å². The molecule has 3 amide bonds. The Morgan fingerprint density at radius 2 is 1.32 bits per heavy atom. The molecule has 34 heavy (non-hydrogen) atoms. The molecule has 0 unspecified atom stereocenters. The van der Waals surface area contributed by atoms with Crippen LogP contribution in [0.5, 0.6) is 0 Å². The van der Waals surface area contributed by atoms with Crippen LogP contribution in [0, 0.1) is 0 Å². The third-order valence-electron chi connectivity index (χ3n) is 5.11. The number of hydrogen-bond donors (Lipinski definition) is 3. The molecule has 0 fully saturated rings. The van der Waals surface area contributed by atoms with Crippen molar-refractivity contribution in [2.24, 2.45) is 0 Å². The average molecular weight is 455 g/mol. The standard InChI is InChI=1S/C25H21N5O4/c1-2-30-25(34)20-11-7-6-10-19(20)21(29-30)24(33)28-27-23(32)17-12-14-18(15-13-17)26-22(31)16-8-4-3-5-9-16/h3-15H,2H2,1H3,(H,26,31)(H,27,32)(H,28,33). The molecule has 1 heterocycles. The Bertz CT molecular complexity index is 1430. The van der Waals surface area contributed by atoms with Gasteiger partial charge in [-0.15, -0.1) is 0 Å². The van der Waals surface area contributed by atoms with Crippen LogP contribution in [0.2, 0.25) is 0 Å². The predicted octanol–water partition coefficient (Wildman–Crippen LogP) is 2.74. The van der Waals surface area contributed by atoms with Crippen molar-refractivity contribution in [3.05, 3.63) is 106 Å². The Balaban J connectivity index is 1.43. The van der Waals surface area contributed by atoms with Gasteiger partial charge in [-0.3, -0.25) is 30.0 Å². The van der Waals surface area contributed by atoms with Crippen LogP contribution in [0.25, 0.3) is 10.8 Å². The average Bonchev–Trinajstić information content (AvgIpc) is 2.88. The van der Waals surface area contributed by atoms with Crippen molar-refractivity contribution in [1.29, 1.82) is 0 Å². The van der Waals surface area contributed by atoms with Gasteiger partial charge < -0.3 is 5.32 Å². The van der Waals surface area contributed by atoms with Gasteiger partial charge in [0.1, 0.15) is 0 Å². The summed E-state index contributed by atoms with van der Waals surface area (Å²) in [6.07, 6.45) is 0. The van der Waals surface area contributed by atoms with Crippen molar-refractivity contribution in [3.63, 3.8) is 0 Å². The van der Waals surface area contributed by atoms with Crippen molar-refractivity contribution >= 4 is 34.2 Å². The van der Waals surface area contributed by atoms with Gasteiger partial charge in [0.2, 0.25) is 0 Å². The number of carbonyl (C=O) groups excluding carboxylic acids is 3. The number of carbonyl (C=O) groups is 3. The molecule has 9 nitrogen and oxygen atoms in total. The van der Waals surface area contributed by atoms with Crippen molar-refractivity contribution < 1.29 is 14.4 Å². The molecule has 3 aromatic carbocycles. The number of nitrogens with zero attached hydrogens (tertiary/aromatic N) is 2. The van der Waals surface area contributed by atoms with Gasteiger partial charge in [0.05, 0.1) is 5.39 Å². The van der Waals surface area contributed by atoms with Gasteiger partial charge >= 0.3 is 0 Å². The zero-order chi connectivity index (χ0) is 24.1. The highest BCUT2D eigenvalue weighted by atomic mass is 16.2. The largest absolute Gasteiger partial charge is 0.322 e. The molecule has 170 valence electrons. The number of fused-ring (bicyclic) bond motifs is 1. The lowest BCUT2D eigenvalue weighted by Gasteiger charge is -2.11. The minimum atomic E-state index is -0.654. The van der Waals surface area contributed by atoms with Crippen LogP contribution < -0.4 is 21.7 Å². The van der Waals surface area contributed by atoms with Gasteiger partial charge in [-0.2, -0.15) is 5.10 Å². The quantitative estimate of drug-likeness (QED) is 0.400. The van der Waals surface area contributed by atoms with E-state index < -0.39 is 11.8 Å². The van der Waals surface area contributed by atoms with E-state index in [1.165, 1.54) is 16.8 Å². The molecule has 0 saturated carbocycles. The fourth-order valence-electron chi connectivity index (χ4n) is 3.36. The summed E-state index contributed by atoms with van der Waals surface area (Å²) in [4.78, 5) is 49.9. The van der Waals surface area contributed by atoms with Crippen LogP contribution in [-0.4, -0.2) is 27.5 Å². The number of hydrogen-bond acceptors (Lipinski definition) is 5. The maximum Gasteiger partial charge on any atom is 0.290 e. The Hall–Kier alpha value is -4.79. The number of anilines is 1. The summed E-state index contributed by atoms with van der Waals surface area (Å²) in [6.45, 7) is 2.04.